The first kappa shape index (κ1) is 9.05. The second-order valence-electron chi connectivity index (χ2n) is 3.79. The first-order valence-electron chi connectivity index (χ1n) is 4.84. The van der Waals surface area contributed by atoms with Gasteiger partial charge in [-0.25, -0.2) is 0 Å². The molecule has 1 aliphatic heterocycles. The summed E-state index contributed by atoms with van der Waals surface area (Å²) in [5.41, 5.74) is 0.692. The Morgan fingerprint density at radius 2 is 2.00 bits per heavy atom. The molecule has 3 atom stereocenters. The van der Waals surface area contributed by atoms with E-state index in [2.05, 4.69) is 13.8 Å². The van der Waals surface area contributed by atoms with Gasteiger partial charge in [-0.15, -0.1) is 0 Å². The molecule has 0 spiro atoms. The van der Waals surface area contributed by atoms with Crippen LogP contribution in [0.2, 0.25) is 0 Å². The van der Waals surface area contributed by atoms with Crippen LogP contribution < -0.4 is 0 Å². The largest absolute Gasteiger partial charge is 0.378 e. The third kappa shape index (κ3) is 1.58. The minimum Gasteiger partial charge on any atom is -0.378 e. The van der Waals surface area contributed by atoms with E-state index in [4.69, 9.17) is 4.74 Å². The van der Waals surface area contributed by atoms with Gasteiger partial charge in [-0.2, -0.15) is 0 Å². The van der Waals surface area contributed by atoms with Gasteiger partial charge in [0.25, 0.3) is 0 Å². The molecule has 0 bridgehead atoms. The Morgan fingerprint density at radius 1 is 1.36 bits per heavy atom. The van der Waals surface area contributed by atoms with E-state index in [0.717, 1.165) is 12.5 Å². The molecular weight excluding hydrogens is 136 g/mol. The third-order valence-corrected chi connectivity index (χ3v) is 3.04. The van der Waals surface area contributed by atoms with Gasteiger partial charge in [0.1, 0.15) is 0 Å². The smallest absolute Gasteiger partial charge is 0.0580 e. The Hall–Kier alpha value is -0.0400. The average Bonchev–Trinajstić information content (AvgIpc) is 2.68. The van der Waals surface area contributed by atoms with Gasteiger partial charge in [0, 0.05) is 6.61 Å². The van der Waals surface area contributed by atoms with E-state index in [1.54, 1.807) is 0 Å². The van der Waals surface area contributed by atoms with Gasteiger partial charge >= 0.3 is 0 Å². The van der Waals surface area contributed by atoms with E-state index in [1.165, 1.54) is 12.8 Å². The summed E-state index contributed by atoms with van der Waals surface area (Å²) in [6, 6.07) is 0. The third-order valence-electron chi connectivity index (χ3n) is 3.04. The van der Waals surface area contributed by atoms with E-state index in [0.29, 0.717) is 11.5 Å². The Labute approximate surface area is 70.1 Å². The fourth-order valence-electron chi connectivity index (χ4n) is 2.06. The molecule has 1 aliphatic carbocycles. The molecule has 1 heteroatoms. The first-order valence-corrected chi connectivity index (χ1v) is 4.84. The fourth-order valence-corrected chi connectivity index (χ4v) is 2.06. The molecule has 66 valence electrons. The second kappa shape index (κ2) is 3.14. The van der Waals surface area contributed by atoms with Crippen LogP contribution in [0.4, 0.5) is 0 Å². The zero-order valence-electron chi connectivity index (χ0n) is 8.18. The summed E-state index contributed by atoms with van der Waals surface area (Å²) in [6.45, 7) is 9.58. The lowest BCUT2D eigenvalue weighted by Crippen LogP contribution is -2.22. The molecule has 0 radical (unpaired) electrons. The topological polar surface area (TPSA) is 9.23 Å². The van der Waals surface area contributed by atoms with Crippen molar-refractivity contribution in [3.63, 3.8) is 0 Å². The van der Waals surface area contributed by atoms with Crippen LogP contribution in [0.25, 0.3) is 0 Å². The summed E-state index contributed by atoms with van der Waals surface area (Å²) in [4.78, 5) is 0. The maximum Gasteiger partial charge on any atom is 0.0580 e. The number of hydrogen-bond acceptors (Lipinski definition) is 1. The molecule has 1 saturated heterocycles. The van der Waals surface area contributed by atoms with Crippen LogP contribution in [-0.4, -0.2) is 12.7 Å². The Balaban J connectivity index is 0.000000281. The van der Waals surface area contributed by atoms with Crippen molar-refractivity contribution < 1.29 is 4.74 Å². The average molecular weight is 156 g/mol. The Morgan fingerprint density at radius 3 is 2.45 bits per heavy atom. The van der Waals surface area contributed by atoms with E-state index < -0.39 is 0 Å². The van der Waals surface area contributed by atoms with Crippen molar-refractivity contribution in [3.8, 4) is 0 Å². The summed E-state index contributed by atoms with van der Waals surface area (Å²) in [6.07, 6.45) is 3.25. The lowest BCUT2D eigenvalue weighted by atomic mass is 9.98. The first-order chi connectivity index (χ1) is 5.22. The maximum atomic E-state index is 5.50. The molecule has 3 unspecified atom stereocenters. The van der Waals surface area contributed by atoms with Crippen molar-refractivity contribution in [2.24, 2.45) is 11.3 Å². The number of rotatable bonds is 0. The molecule has 2 aliphatic rings. The predicted molar refractivity (Wildman–Crippen MR) is 47.6 cm³/mol. The zero-order chi connectivity index (χ0) is 8.48. The molecule has 2 rings (SSSR count). The molecule has 1 nitrogen and oxygen atoms in total. The van der Waals surface area contributed by atoms with Crippen LogP contribution in [0.15, 0.2) is 0 Å². The quantitative estimate of drug-likeness (QED) is 0.524. The highest BCUT2D eigenvalue weighted by molar-refractivity contribution is 5.03. The van der Waals surface area contributed by atoms with Crippen molar-refractivity contribution in [1.82, 2.24) is 0 Å². The van der Waals surface area contributed by atoms with Crippen molar-refractivity contribution in [1.29, 1.82) is 0 Å². The van der Waals surface area contributed by atoms with Gasteiger partial charge in [-0.3, -0.25) is 0 Å². The van der Waals surface area contributed by atoms with Gasteiger partial charge in [0.05, 0.1) is 6.10 Å². The minimum absolute atomic E-state index is 0.545. The maximum absolute atomic E-state index is 5.50. The van der Waals surface area contributed by atoms with E-state index in [1.807, 2.05) is 13.8 Å². The SMILES string of the molecule is CC.CC1OCCC2(C)CC12. The van der Waals surface area contributed by atoms with E-state index >= 15 is 0 Å². The monoisotopic (exact) mass is 156 g/mol. The van der Waals surface area contributed by atoms with Crippen molar-refractivity contribution >= 4 is 0 Å². The lowest BCUT2D eigenvalue weighted by Gasteiger charge is -2.23. The van der Waals surface area contributed by atoms with Gasteiger partial charge in [0.15, 0.2) is 0 Å². The standard InChI is InChI=1S/C8H14O.C2H6/c1-6-7-5-8(7,2)3-4-9-6;1-2/h6-7H,3-5H2,1-2H3;1-2H3. The lowest BCUT2D eigenvalue weighted by molar-refractivity contribution is 0.00144. The van der Waals surface area contributed by atoms with Gasteiger partial charge in [-0.05, 0) is 31.1 Å². The Kier molecular flexibility index (Phi) is 2.58. The minimum atomic E-state index is 0.545. The van der Waals surface area contributed by atoms with E-state index in [9.17, 15) is 0 Å². The molecule has 1 saturated carbocycles. The number of fused-ring (bicyclic) bond motifs is 1. The molecule has 0 N–H and O–H groups in total. The summed E-state index contributed by atoms with van der Waals surface area (Å²) in [5.74, 6) is 0.895. The van der Waals surface area contributed by atoms with Crippen molar-refractivity contribution in [2.45, 2.75) is 46.6 Å². The molecular formula is C10H20O. The van der Waals surface area contributed by atoms with Gasteiger partial charge in [0.2, 0.25) is 0 Å². The molecule has 0 aromatic heterocycles. The summed E-state index contributed by atoms with van der Waals surface area (Å²) in [7, 11) is 0. The van der Waals surface area contributed by atoms with Crippen LogP contribution in [-0.2, 0) is 4.74 Å². The summed E-state index contributed by atoms with van der Waals surface area (Å²) < 4.78 is 5.50. The molecule has 11 heavy (non-hydrogen) atoms. The van der Waals surface area contributed by atoms with Crippen LogP contribution in [0.5, 0.6) is 0 Å². The van der Waals surface area contributed by atoms with Crippen LogP contribution in [0, 0.1) is 11.3 Å². The predicted octanol–water partition coefficient (Wildman–Crippen LogP) is 2.85. The zero-order valence-corrected chi connectivity index (χ0v) is 8.18. The van der Waals surface area contributed by atoms with Crippen molar-refractivity contribution in [2.75, 3.05) is 6.61 Å². The van der Waals surface area contributed by atoms with Crippen LogP contribution in [0.3, 0.4) is 0 Å². The normalized spacial score (nSPS) is 46.9. The molecule has 0 amide bonds. The molecule has 0 aromatic carbocycles. The van der Waals surface area contributed by atoms with Gasteiger partial charge in [-0.1, -0.05) is 20.8 Å². The summed E-state index contributed by atoms with van der Waals surface area (Å²) in [5, 5.41) is 0. The molecule has 2 fully saturated rings. The summed E-state index contributed by atoms with van der Waals surface area (Å²) >= 11 is 0. The molecule has 1 heterocycles. The number of ether oxygens (including phenoxy) is 1. The van der Waals surface area contributed by atoms with Crippen LogP contribution in [0.1, 0.15) is 40.5 Å². The highest BCUT2D eigenvalue weighted by atomic mass is 16.5. The Bertz CT molecular complexity index is 133. The second-order valence-corrected chi connectivity index (χ2v) is 3.79. The fraction of sp³-hybridized carbons (Fsp3) is 1.00. The van der Waals surface area contributed by atoms with Gasteiger partial charge < -0.3 is 4.74 Å². The highest BCUT2D eigenvalue weighted by Crippen LogP contribution is 2.59. The molecule has 0 aromatic rings. The number of hydrogen-bond donors (Lipinski definition) is 0. The van der Waals surface area contributed by atoms with Crippen molar-refractivity contribution in [3.05, 3.63) is 0 Å². The highest BCUT2D eigenvalue weighted by Gasteiger charge is 2.54. The van der Waals surface area contributed by atoms with Crippen LogP contribution >= 0.6 is 0 Å². The van der Waals surface area contributed by atoms with E-state index in [-0.39, 0.29) is 0 Å².